The van der Waals surface area contributed by atoms with Crippen molar-refractivity contribution in [3.05, 3.63) is 11.6 Å². The number of esters is 1. The molecule has 6 nitrogen and oxygen atoms in total. The van der Waals surface area contributed by atoms with Gasteiger partial charge in [0, 0.05) is 24.8 Å². The van der Waals surface area contributed by atoms with Gasteiger partial charge in [0.05, 0.1) is 13.2 Å². The Hall–Kier alpha value is -1.43. The van der Waals surface area contributed by atoms with E-state index in [9.17, 15) is 4.79 Å². The molecule has 1 N–H and O–H groups in total. The van der Waals surface area contributed by atoms with Gasteiger partial charge >= 0.3 is 5.97 Å². The first-order valence-electron chi connectivity index (χ1n) is 7.00. The molecule has 3 heterocycles. The first kappa shape index (κ1) is 12.6. The molecule has 2 aliphatic rings. The molecular weight excluding hydrogens is 244 g/mol. The van der Waals surface area contributed by atoms with E-state index in [1.54, 1.807) is 0 Å². The third kappa shape index (κ3) is 2.49. The monoisotopic (exact) mass is 264 g/mol. The summed E-state index contributed by atoms with van der Waals surface area (Å²) < 4.78 is 6.96. The van der Waals surface area contributed by atoms with E-state index >= 15 is 0 Å². The standard InChI is InChI=1S/C13H20N4O2/c1-8(2)12-15-11-4-3-9(7-17(11)16-12)14-10-5-6-19-13(10)18/h8-10,14H,3-7H2,1-2H3/t9-,10+/m0/s1. The largest absolute Gasteiger partial charge is 0.464 e. The van der Waals surface area contributed by atoms with Gasteiger partial charge in [0.15, 0.2) is 5.82 Å². The summed E-state index contributed by atoms with van der Waals surface area (Å²) in [5.41, 5.74) is 0. The Balaban J connectivity index is 1.66. The summed E-state index contributed by atoms with van der Waals surface area (Å²) in [6.45, 7) is 5.53. The Morgan fingerprint density at radius 3 is 2.95 bits per heavy atom. The van der Waals surface area contributed by atoms with E-state index in [4.69, 9.17) is 4.74 Å². The molecule has 0 saturated carbocycles. The van der Waals surface area contributed by atoms with Crippen LogP contribution in [-0.2, 0) is 22.5 Å². The number of hydrogen-bond acceptors (Lipinski definition) is 5. The lowest BCUT2D eigenvalue weighted by atomic mass is 10.1. The third-order valence-electron chi connectivity index (χ3n) is 3.76. The SMILES string of the molecule is CC(C)c1nc2n(n1)C[C@@H](N[C@@H]1CCOC1=O)CC2. The van der Waals surface area contributed by atoms with Gasteiger partial charge in [0.1, 0.15) is 11.9 Å². The Labute approximate surface area is 112 Å². The molecule has 2 atom stereocenters. The molecule has 104 valence electrons. The molecule has 0 bridgehead atoms. The number of nitrogens with zero attached hydrogens (tertiary/aromatic N) is 3. The molecule has 2 aliphatic heterocycles. The molecule has 6 heteroatoms. The van der Waals surface area contributed by atoms with Gasteiger partial charge in [-0.3, -0.25) is 10.1 Å². The minimum absolute atomic E-state index is 0.118. The van der Waals surface area contributed by atoms with Crippen LogP contribution >= 0.6 is 0 Å². The van der Waals surface area contributed by atoms with E-state index in [0.717, 1.165) is 37.5 Å². The van der Waals surface area contributed by atoms with E-state index in [1.807, 2.05) is 4.68 Å². The molecule has 1 saturated heterocycles. The van der Waals surface area contributed by atoms with Crippen LogP contribution in [0.25, 0.3) is 0 Å². The van der Waals surface area contributed by atoms with Crippen molar-refractivity contribution in [2.75, 3.05) is 6.61 Å². The molecular formula is C13H20N4O2. The van der Waals surface area contributed by atoms with Gasteiger partial charge in [-0.15, -0.1) is 0 Å². The van der Waals surface area contributed by atoms with Crippen molar-refractivity contribution >= 4 is 5.97 Å². The number of carbonyl (C=O) groups is 1. The van der Waals surface area contributed by atoms with Gasteiger partial charge in [-0.1, -0.05) is 13.8 Å². The number of nitrogens with one attached hydrogen (secondary N) is 1. The summed E-state index contributed by atoms with van der Waals surface area (Å²) >= 11 is 0. The number of hydrogen-bond donors (Lipinski definition) is 1. The zero-order valence-electron chi connectivity index (χ0n) is 11.4. The van der Waals surface area contributed by atoms with Crippen LogP contribution in [0.15, 0.2) is 0 Å². The Morgan fingerprint density at radius 2 is 2.26 bits per heavy atom. The first-order valence-corrected chi connectivity index (χ1v) is 7.00. The summed E-state index contributed by atoms with van der Waals surface area (Å²) in [5, 5.41) is 7.93. The van der Waals surface area contributed by atoms with Crippen LogP contribution in [0.1, 0.15) is 44.3 Å². The number of carbonyl (C=O) groups excluding carboxylic acids is 1. The summed E-state index contributed by atoms with van der Waals surface area (Å²) in [7, 11) is 0. The smallest absolute Gasteiger partial charge is 0.323 e. The number of aromatic nitrogens is 3. The normalized spacial score (nSPS) is 26.6. The molecule has 0 amide bonds. The number of cyclic esters (lactones) is 1. The maximum absolute atomic E-state index is 11.5. The lowest BCUT2D eigenvalue weighted by Crippen LogP contribution is -2.45. The first-order chi connectivity index (χ1) is 9.13. The van der Waals surface area contributed by atoms with Crippen LogP contribution < -0.4 is 5.32 Å². The van der Waals surface area contributed by atoms with Gasteiger partial charge in [0.2, 0.25) is 0 Å². The molecule has 0 radical (unpaired) electrons. The molecule has 1 aromatic rings. The summed E-state index contributed by atoms with van der Waals surface area (Å²) in [5.74, 6) is 2.22. The average molecular weight is 264 g/mol. The fourth-order valence-electron chi connectivity index (χ4n) is 2.64. The predicted molar refractivity (Wildman–Crippen MR) is 68.7 cm³/mol. The minimum Gasteiger partial charge on any atom is -0.464 e. The van der Waals surface area contributed by atoms with E-state index in [2.05, 4.69) is 29.2 Å². The van der Waals surface area contributed by atoms with Gasteiger partial charge in [0.25, 0.3) is 0 Å². The zero-order valence-corrected chi connectivity index (χ0v) is 11.4. The Morgan fingerprint density at radius 1 is 1.42 bits per heavy atom. The van der Waals surface area contributed by atoms with Crippen molar-refractivity contribution in [3.8, 4) is 0 Å². The molecule has 19 heavy (non-hydrogen) atoms. The molecule has 0 aliphatic carbocycles. The third-order valence-corrected chi connectivity index (χ3v) is 3.76. The fourth-order valence-corrected chi connectivity index (χ4v) is 2.64. The highest BCUT2D eigenvalue weighted by molar-refractivity contribution is 5.77. The second kappa shape index (κ2) is 4.92. The Kier molecular flexibility index (Phi) is 3.26. The predicted octanol–water partition coefficient (Wildman–Crippen LogP) is 0.621. The van der Waals surface area contributed by atoms with E-state index in [0.29, 0.717) is 12.5 Å². The van der Waals surface area contributed by atoms with Crippen LogP contribution in [0.3, 0.4) is 0 Å². The summed E-state index contributed by atoms with van der Waals surface area (Å²) in [6, 6.07) is 0.143. The quantitative estimate of drug-likeness (QED) is 0.811. The second-order valence-electron chi connectivity index (χ2n) is 5.63. The molecule has 0 aromatic carbocycles. The van der Waals surface area contributed by atoms with Crippen molar-refractivity contribution in [2.45, 2.75) is 57.7 Å². The highest BCUT2D eigenvalue weighted by Crippen LogP contribution is 2.18. The second-order valence-corrected chi connectivity index (χ2v) is 5.63. The summed E-state index contributed by atoms with van der Waals surface area (Å²) in [6.07, 6.45) is 2.69. The van der Waals surface area contributed by atoms with Crippen molar-refractivity contribution in [1.29, 1.82) is 0 Å². The van der Waals surface area contributed by atoms with E-state index in [1.165, 1.54) is 0 Å². The maximum atomic E-state index is 11.5. The van der Waals surface area contributed by atoms with Crippen molar-refractivity contribution in [2.24, 2.45) is 0 Å². The molecule has 0 unspecified atom stereocenters. The number of aryl methyl sites for hydroxylation is 1. The van der Waals surface area contributed by atoms with Crippen molar-refractivity contribution in [1.82, 2.24) is 20.1 Å². The number of rotatable bonds is 3. The van der Waals surface area contributed by atoms with Crippen LogP contribution in [0, 0.1) is 0 Å². The van der Waals surface area contributed by atoms with Gasteiger partial charge in [-0.25, -0.2) is 9.67 Å². The molecule has 1 fully saturated rings. The van der Waals surface area contributed by atoms with Crippen molar-refractivity contribution < 1.29 is 9.53 Å². The molecule has 0 spiro atoms. The minimum atomic E-state index is -0.139. The van der Waals surface area contributed by atoms with Gasteiger partial charge in [-0.05, 0) is 6.42 Å². The Bertz CT molecular complexity index is 483. The van der Waals surface area contributed by atoms with E-state index in [-0.39, 0.29) is 18.1 Å². The fraction of sp³-hybridized carbons (Fsp3) is 0.769. The molecule has 3 rings (SSSR count). The highest BCUT2D eigenvalue weighted by atomic mass is 16.5. The van der Waals surface area contributed by atoms with Crippen LogP contribution in [-0.4, -0.2) is 39.4 Å². The van der Waals surface area contributed by atoms with Crippen molar-refractivity contribution in [3.63, 3.8) is 0 Å². The van der Waals surface area contributed by atoms with Crippen LogP contribution in [0.5, 0.6) is 0 Å². The maximum Gasteiger partial charge on any atom is 0.323 e. The zero-order chi connectivity index (χ0) is 13.4. The van der Waals surface area contributed by atoms with Crippen LogP contribution in [0.2, 0.25) is 0 Å². The van der Waals surface area contributed by atoms with Crippen LogP contribution in [0.4, 0.5) is 0 Å². The lowest BCUT2D eigenvalue weighted by Gasteiger charge is -2.25. The number of fused-ring (bicyclic) bond motifs is 1. The molecule has 1 aromatic heterocycles. The topological polar surface area (TPSA) is 69.0 Å². The highest BCUT2D eigenvalue weighted by Gasteiger charge is 2.30. The average Bonchev–Trinajstić information content (AvgIpc) is 2.96. The van der Waals surface area contributed by atoms with Gasteiger partial charge < -0.3 is 4.74 Å². The van der Waals surface area contributed by atoms with E-state index < -0.39 is 0 Å². The summed E-state index contributed by atoms with van der Waals surface area (Å²) in [4.78, 5) is 16.0. The number of ether oxygens (including phenoxy) is 1. The van der Waals surface area contributed by atoms with Gasteiger partial charge in [-0.2, -0.15) is 5.10 Å². The lowest BCUT2D eigenvalue weighted by molar-refractivity contribution is -0.139.